The lowest BCUT2D eigenvalue weighted by molar-refractivity contribution is 0.429. The third-order valence-electron chi connectivity index (χ3n) is 2.49. The minimum Gasteiger partial charge on any atom is -0.434 e. The molecule has 0 fully saturated rings. The highest BCUT2D eigenvalue weighted by molar-refractivity contribution is 5.54. The fraction of sp³-hybridized carbons (Fsp3) is 0. The molecule has 8 heteroatoms. The van der Waals surface area contributed by atoms with Gasteiger partial charge >= 0.3 is 5.69 Å². The number of aromatic nitrogens is 4. The lowest BCUT2D eigenvalue weighted by Crippen LogP contribution is -2.09. The molecule has 2 aromatic heterocycles. The number of benzene rings is 1. The van der Waals surface area contributed by atoms with E-state index in [1.807, 2.05) is 0 Å². The SMILES string of the molecule is Nc1cccc(F)c1Oc1cc2n[nH]c(=O)n2cn1. The molecule has 0 aliphatic carbocycles. The molecule has 0 amide bonds. The number of hydrogen-bond acceptors (Lipinski definition) is 5. The van der Waals surface area contributed by atoms with Crippen LogP contribution in [0.25, 0.3) is 5.65 Å². The molecule has 0 radical (unpaired) electrons. The summed E-state index contributed by atoms with van der Waals surface area (Å²) in [5, 5.41) is 6.00. The first-order valence-electron chi connectivity index (χ1n) is 5.30. The second-order valence-corrected chi connectivity index (χ2v) is 3.74. The van der Waals surface area contributed by atoms with Crippen LogP contribution in [0.15, 0.2) is 35.4 Å². The summed E-state index contributed by atoms with van der Waals surface area (Å²) in [5.41, 5.74) is 5.66. The largest absolute Gasteiger partial charge is 0.434 e. The van der Waals surface area contributed by atoms with Crippen LogP contribution >= 0.6 is 0 Å². The number of aromatic amines is 1. The van der Waals surface area contributed by atoms with Crippen LogP contribution in [0.3, 0.4) is 0 Å². The number of anilines is 1. The van der Waals surface area contributed by atoms with Gasteiger partial charge in [-0.1, -0.05) is 6.07 Å². The summed E-state index contributed by atoms with van der Waals surface area (Å²) < 4.78 is 20.0. The number of nitrogen functional groups attached to an aromatic ring is 1. The first-order valence-corrected chi connectivity index (χ1v) is 5.30. The standard InChI is InChI=1S/C11H8FN5O2/c12-6-2-1-3-7(13)10(6)19-9-4-8-15-16-11(18)17(8)5-14-9/h1-5H,13H2,(H,16,18). The topological polar surface area (TPSA) is 98.3 Å². The number of para-hydroxylation sites is 1. The number of halogens is 1. The van der Waals surface area contributed by atoms with Crippen LogP contribution < -0.4 is 16.2 Å². The van der Waals surface area contributed by atoms with Crippen LogP contribution in [0, 0.1) is 5.82 Å². The predicted molar refractivity (Wildman–Crippen MR) is 64.5 cm³/mol. The maximum absolute atomic E-state index is 13.5. The average molecular weight is 261 g/mol. The van der Waals surface area contributed by atoms with Gasteiger partial charge in [0, 0.05) is 6.07 Å². The van der Waals surface area contributed by atoms with Crippen LogP contribution in [0.1, 0.15) is 0 Å². The van der Waals surface area contributed by atoms with E-state index < -0.39 is 11.5 Å². The first kappa shape index (κ1) is 11.2. The van der Waals surface area contributed by atoms with E-state index in [9.17, 15) is 9.18 Å². The third kappa shape index (κ3) is 1.88. The second-order valence-electron chi connectivity index (χ2n) is 3.74. The number of nitrogens with zero attached hydrogens (tertiary/aromatic N) is 3. The minimum absolute atomic E-state index is 0.0864. The molecule has 0 unspecified atom stereocenters. The zero-order valence-electron chi connectivity index (χ0n) is 9.50. The summed E-state index contributed by atoms with van der Waals surface area (Å²) in [4.78, 5) is 15.1. The van der Waals surface area contributed by atoms with Crippen LogP contribution in [0.2, 0.25) is 0 Å². The van der Waals surface area contributed by atoms with Crippen molar-refractivity contribution in [3.8, 4) is 11.6 Å². The van der Waals surface area contributed by atoms with Gasteiger partial charge in [0.05, 0.1) is 5.69 Å². The Balaban J connectivity index is 2.03. The summed E-state index contributed by atoms with van der Waals surface area (Å²) >= 11 is 0. The highest BCUT2D eigenvalue weighted by atomic mass is 19.1. The van der Waals surface area contributed by atoms with Crippen LogP contribution in [0.5, 0.6) is 11.6 Å². The number of hydrogen-bond donors (Lipinski definition) is 2. The molecule has 0 atom stereocenters. The molecule has 1 aromatic carbocycles. The van der Waals surface area contributed by atoms with E-state index in [-0.39, 0.29) is 17.3 Å². The molecule has 19 heavy (non-hydrogen) atoms. The predicted octanol–water partition coefficient (Wildman–Crippen LogP) is 0.931. The van der Waals surface area contributed by atoms with E-state index in [0.29, 0.717) is 5.65 Å². The van der Waals surface area contributed by atoms with Crippen molar-refractivity contribution >= 4 is 11.3 Å². The van der Waals surface area contributed by atoms with Crippen molar-refractivity contribution in [2.24, 2.45) is 0 Å². The maximum atomic E-state index is 13.5. The van der Waals surface area contributed by atoms with Crippen molar-refractivity contribution in [2.75, 3.05) is 5.73 Å². The van der Waals surface area contributed by atoms with Gasteiger partial charge in [-0.2, -0.15) is 5.10 Å². The molecular weight excluding hydrogens is 253 g/mol. The smallest absolute Gasteiger partial charge is 0.348 e. The number of fused-ring (bicyclic) bond motifs is 1. The van der Waals surface area contributed by atoms with Gasteiger partial charge in [0.25, 0.3) is 0 Å². The third-order valence-corrected chi connectivity index (χ3v) is 2.49. The zero-order valence-corrected chi connectivity index (χ0v) is 9.50. The molecule has 0 saturated heterocycles. The first-order chi connectivity index (χ1) is 9.15. The van der Waals surface area contributed by atoms with Crippen LogP contribution in [-0.2, 0) is 0 Å². The fourth-order valence-corrected chi connectivity index (χ4v) is 1.59. The van der Waals surface area contributed by atoms with Crippen molar-refractivity contribution in [3.63, 3.8) is 0 Å². The molecule has 0 bridgehead atoms. The van der Waals surface area contributed by atoms with Crippen LogP contribution in [0.4, 0.5) is 10.1 Å². The fourth-order valence-electron chi connectivity index (χ4n) is 1.59. The van der Waals surface area contributed by atoms with Gasteiger partial charge in [0.2, 0.25) is 5.88 Å². The molecule has 96 valence electrons. The van der Waals surface area contributed by atoms with Gasteiger partial charge < -0.3 is 10.5 Å². The lowest BCUT2D eigenvalue weighted by atomic mass is 10.3. The summed E-state index contributed by atoms with van der Waals surface area (Å²) in [6.07, 6.45) is 1.23. The monoisotopic (exact) mass is 261 g/mol. The molecule has 0 saturated carbocycles. The molecule has 3 N–H and O–H groups in total. The highest BCUT2D eigenvalue weighted by Crippen LogP contribution is 2.29. The number of nitrogens with two attached hydrogens (primary N) is 1. The molecule has 3 aromatic rings. The van der Waals surface area contributed by atoms with Crippen LogP contribution in [-0.4, -0.2) is 19.6 Å². The number of nitrogens with one attached hydrogen (secondary N) is 1. The van der Waals surface area contributed by atoms with Gasteiger partial charge in [0.15, 0.2) is 17.2 Å². The number of rotatable bonds is 2. The normalized spacial score (nSPS) is 10.8. The Kier molecular flexibility index (Phi) is 2.41. The maximum Gasteiger partial charge on any atom is 0.348 e. The Bertz CT molecular complexity index is 790. The van der Waals surface area contributed by atoms with E-state index in [0.717, 1.165) is 0 Å². The lowest BCUT2D eigenvalue weighted by Gasteiger charge is -2.07. The van der Waals surface area contributed by atoms with Gasteiger partial charge in [-0.15, -0.1) is 0 Å². The van der Waals surface area contributed by atoms with Gasteiger partial charge in [-0.05, 0) is 12.1 Å². The van der Waals surface area contributed by atoms with E-state index in [1.165, 1.54) is 35.0 Å². The Morgan fingerprint density at radius 2 is 2.26 bits per heavy atom. The summed E-state index contributed by atoms with van der Waals surface area (Å²) in [7, 11) is 0. The molecule has 2 heterocycles. The van der Waals surface area contributed by atoms with Crippen molar-refractivity contribution in [1.82, 2.24) is 19.6 Å². The average Bonchev–Trinajstić information content (AvgIpc) is 2.76. The molecule has 7 nitrogen and oxygen atoms in total. The molecule has 3 rings (SSSR count). The molecule has 0 aliphatic rings. The molecular formula is C11H8FN5O2. The van der Waals surface area contributed by atoms with E-state index in [2.05, 4.69) is 15.2 Å². The van der Waals surface area contributed by atoms with E-state index >= 15 is 0 Å². The van der Waals surface area contributed by atoms with Crippen molar-refractivity contribution in [2.45, 2.75) is 0 Å². The Morgan fingerprint density at radius 3 is 3.05 bits per heavy atom. The quantitative estimate of drug-likeness (QED) is 0.669. The zero-order chi connectivity index (χ0) is 13.4. The number of ether oxygens (including phenoxy) is 1. The molecule has 0 aliphatic heterocycles. The summed E-state index contributed by atoms with van der Waals surface area (Å²) in [6, 6.07) is 5.60. The van der Waals surface area contributed by atoms with E-state index in [4.69, 9.17) is 10.5 Å². The second kappa shape index (κ2) is 4.09. The summed E-state index contributed by atoms with van der Waals surface area (Å²) in [6.45, 7) is 0. The Morgan fingerprint density at radius 1 is 1.42 bits per heavy atom. The molecule has 0 spiro atoms. The van der Waals surface area contributed by atoms with Gasteiger partial charge in [-0.3, -0.25) is 0 Å². The van der Waals surface area contributed by atoms with Crippen molar-refractivity contribution in [1.29, 1.82) is 0 Å². The van der Waals surface area contributed by atoms with Crippen molar-refractivity contribution < 1.29 is 9.13 Å². The number of H-pyrrole nitrogens is 1. The van der Waals surface area contributed by atoms with Crippen molar-refractivity contribution in [3.05, 3.63) is 46.9 Å². The summed E-state index contributed by atoms with van der Waals surface area (Å²) in [5.74, 6) is -0.623. The minimum atomic E-state index is -0.596. The van der Waals surface area contributed by atoms with Gasteiger partial charge in [0.1, 0.15) is 6.33 Å². The Labute approximate surface area is 105 Å². The van der Waals surface area contributed by atoms with E-state index in [1.54, 1.807) is 0 Å². The highest BCUT2D eigenvalue weighted by Gasteiger charge is 2.10. The van der Waals surface area contributed by atoms with Gasteiger partial charge in [-0.25, -0.2) is 23.7 Å². The Hall–Kier alpha value is -2.90.